The molecule has 5 aromatic rings. The van der Waals surface area contributed by atoms with E-state index in [9.17, 15) is 4.79 Å². The van der Waals surface area contributed by atoms with Gasteiger partial charge in [0.2, 0.25) is 0 Å². The maximum absolute atomic E-state index is 12.9. The van der Waals surface area contributed by atoms with E-state index in [1.165, 1.54) is 6.42 Å². The molecule has 2 fully saturated rings. The van der Waals surface area contributed by atoms with E-state index in [1.807, 2.05) is 42.7 Å². The Morgan fingerprint density at radius 2 is 1.38 bits per heavy atom. The summed E-state index contributed by atoms with van der Waals surface area (Å²) in [4.78, 5) is 30.9. The fraction of sp³-hybridized carbons (Fsp3) is 0.265. The molecule has 42 heavy (non-hydrogen) atoms. The molecule has 2 atom stereocenters. The van der Waals surface area contributed by atoms with Crippen molar-refractivity contribution < 1.29 is 9.53 Å². The number of aromatic amines is 2. The monoisotopic (exact) mass is 558 g/mol. The average molecular weight is 559 g/mol. The van der Waals surface area contributed by atoms with Crippen LogP contribution in [0.3, 0.4) is 0 Å². The molecular formula is C34H34N6O2. The molecule has 0 saturated carbocycles. The number of carbonyl (C=O) groups is 1. The van der Waals surface area contributed by atoms with Crippen LogP contribution < -0.4 is 5.32 Å². The summed E-state index contributed by atoms with van der Waals surface area (Å²) >= 11 is 0. The predicted octanol–water partition coefficient (Wildman–Crippen LogP) is 7.03. The van der Waals surface area contributed by atoms with E-state index in [0.29, 0.717) is 12.6 Å². The Kier molecular flexibility index (Phi) is 7.28. The van der Waals surface area contributed by atoms with Gasteiger partial charge in [0.25, 0.3) is 0 Å². The molecule has 0 bridgehead atoms. The van der Waals surface area contributed by atoms with Gasteiger partial charge in [-0.1, -0.05) is 78.9 Å². The van der Waals surface area contributed by atoms with Crippen LogP contribution in [0.25, 0.3) is 33.6 Å². The number of H-pyrrole nitrogens is 2. The van der Waals surface area contributed by atoms with E-state index in [0.717, 1.165) is 76.7 Å². The Bertz CT molecular complexity index is 1640. The number of likely N-dealkylation sites (tertiary alicyclic amines) is 1. The number of imidazole rings is 2. The topological polar surface area (TPSA) is 98.9 Å². The minimum absolute atomic E-state index is 0.111. The van der Waals surface area contributed by atoms with Crippen molar-refractivity contribution >= 4 is 6.09 Å². The molecular weight excluding hydrogens is 524 g/mol. The number of amides is 1. The van der Waals surface area contributed by atoms with Gasteiger partial charge in [0.15, 0.2) is 0 Å². The first-order valence-electron chi connectivity index (χ1n) is 14.7. The lowest BCUT2D eigenvalue weighted by atomic mass is 10.0. The molecule has 8 heteroatoms. The second kappa shape index (κ2) is 11.7. The minimum Gasteiger partial charge on any atom is -0.445 e. The Hall–Kier alpha value is -4.69. The van der Waals surface area contributed by atoms with E-state index >= 15 is 0 Å². The first kappa shape index (κ1) is 26.2. The maximum atomic E-state index is 12.9. The average Bonchev–Trinajstić information content (AvgIpc) is 3.87. The van der Waals surface area contributed by atoms with Gasteiger partial charge < -0.3 is 20.0 Å². The van der Waals surface area contributed by atoms with Gasteiger partial charge in [0.1, 0.15) is 18.3 Å². The summed E-state index contributed by atoms with van der Waals surface area (Å²) in [7, 11) is 0. The summed E-state index contributed by atoms with van der Waals surface area (Å²) in [5.74, 6) is 1.82. The van der Waals surface area contributed by atoms with Gasteiger partial charge in [-0.25, -0.2) is 14.8 Å². The van der Waals surface area contributed by atoms with Crippen LogP contribution in [0, 0.1) is 0 Å². The van der Waals surface area contributed by atoms with Crippen molar-refractivity contribution in [2.75, 3.05) is 13.1 Å². The van der Waals surface area contributed by atoms with Gasteiger partial charge in [-0.15, -0.1) is 0 Å². The molecule has 3 N–H and O–H groups in total. The molecule has 1 amide bonds. The SMILES string of the molecule is O=C(OCc1ccccc1)N1CCC[C@H]1c1ncc(-c2ccc(-c3ccc(-c4cnc([C@@H]5CCCN5)[nH]4)cc3)cc2)[nH]1. The normalized spacial score (nSPS) is 18.4. The Morgan fingerprint density at radius 3 is 2.02 bits per heavy atom. The number of nitrogens with one attached hydrogen (secondary N) is 3. The lowest BCUT2D eigenvalue weighted by Gasteiger charge is -2.22. The number of ether oxygens (including phenoxy) is 1. The largest absolute Gasteiger partial charge is 0.445 e. The van der Waals surface area contributed by atoms with E-state index in [2.05, 4.69) is 73.8 Å². The van der Waals surface area contributed by atoms with E-state index in [1.54, 1.807) is 4.90 Å². The summed E-state index contributed by atoms with van der Waals surface area (Å²) in [5.41, 5.74) is 7.43. The third-order valence-corrected chi connectivity index (χ3v) is 8.31. The molecule has 2 aliphatic heterocycles. The van der Waals surface area contributed by atoms with Crippen LogP contribution in [-0.2, 0) is 11.3 Å². The molecule has 7 rings (SSSR count). The Balaban J connectivity index is 1.00. The van der Waals surface area contributed by atoms with E-state index in [4.69, 9.17) is 4.74 Å². The number of benzene rings is 3. The Labute approximate surface area is 245 Å². The van der Waals surface area contributed by atoms with Crippen molar-refractivity contribution in [2.45, 2.75) is 44.4 Å². The summed E-state index contributed by atoms with van der Waals surface area (Å²) in [5, 5.41) is 3.50. The molecule has 2 aliphatic rings. The molecule has 2 aromatic heterocycles. The van der Waals surface area contributed by atoms with Gasteiger partial charge in [0, 0.05) is 6.54 Å². The highest BCUT2D eigenvalue weighted by molar-refractivity contribution is 5.72. The van der Waals surface area contributed by atoms with Crippen molar-refractivity contribution in [3.8, 4) is 33.6 Å². The second-order valence-corrected chi connectivity index (χ2v) is 11.1. The highest BCUT2D eigenvalue weighted by Crippen LogP contribution is 2.33. The highest BCUT2D eigenvalue weighted by Gasteiger charge is 2.33. The number of rotatable bonds is 7. The molecule has 2 saturated heterocycles. The van der Waals surface area contributed by atoms with Crippen LogP contribution in [0.5, 0.6) is 0 Å². The molecule has 0 radical (unpaired) electrons. The highest BCUT2D eigenvalue weighted by atomic mass is 16.6. The van der Waals surface area contributed by atoms with Crippen LogP contribution >= 0.6 is 0 Å². The predicted molar refractivity (Wildman–Crippen MR) is 162 cm³/mol. The molecule has 0 aliphatic carbocycles. The van der Waals surface area contributed by atoms with Crippen LogP contribution in [0.4, 0.5) is 4.79 Å². The molecule has 0 spiro atoms. The smallest absolute Gasteiger partial charge is 0.410 e. The molecule has 4 heterocycles. The summed E-state index contributed by atoms with van der Waals surface area (Å²) < 4.78 is 5.60. The molecule has 0 unspecified atom stereocenters. The number of hydrogen-bond donors (Lipinski definition) is 3. The van der Waals surface area contributed by atoms with Gasteiger partial charge in [-0.3, -0.25) is 4.90 Å². The Morgan fingerprint density at radius 1 is 0.762 bits per heavy atom. The van der Waals surface area contributed by atoms with Crippen LogP contribution in [0.1, 0.15) is 55.0 Å². The van der Waals surface area contributed by atoms with Crippen molar-refractivity contribution in [3.05, 3.63) is 108 Å². The van der Waals surface area contributed by atoms with E-state index in [-0.39, 0.29) is 18.7 Å². The first-order valence-corrected chi connectivity index (χ1v) is 14.7. The lowest BCUT2D eigenvalue weighted by molar-refractivity contribution is 0.0910. The van der Waals surface area contributed by atoms with Crippen molar-refractivity contribution in [1.29, 1.82) is 0 Å². The molecule has 3 aromatic carbocycles. The van der Waals surface area contributed by atoms with Gasteiger partial charge >= 0.3 is 6.09 Å². The number of aromatic nitrogens is 4. The van der Waals surface area contributed by atoms with Crippen molar-refractivity contribution in [2.24, 2.45) is 0 Å². The summed E-state index contributed by atoms with van der Waals surface area (Å²) in [6.07, 6.45) is 7.59. The third-order valence-electron chi connectivity index (χ3n) is 8.31. The van der Waals surface area contributed by atoms with Crippen LogP contribution in [0.15, 0.2) is 91.3 Å². The maximum Gasteiger partial charge on any atom is 0.410 e. The second-order valence-electron chi connectivity index (χ2n) is 11.1. The summed E-state index contributed by atoms with van der Waals surface area (Å²) in [6, 6.07) is 27.0. The number of carbonyl (C=O) groups excluding carboxylic acids is 1. The number of nitrogens with zero attached hydrogens (tertiary/aromatic N) is 3. The van der Waals surface area contributed by atoms with Crippen molar-refractivity contribution in [1.82, 2.24) is 30.2 Å². The third kappa shape index (κ3) is 5.45. The number of hydrogen-bond acceptors (Lipinski definition) is 5. The van der Waals surface area contributed by atoms with Gasteiger partial charge in [-0.2, -0.15) is 0 Å². The standard InChI is InChI=1S/C34H34N6O2/c41-34(42-22-23-6-2-1-3-7-23)40-19-5-9-31(40)33-37-21-30(39-33)27-16-12-25(13-17-27)24-10-14-26(15-11-24)29-20-36-32(38-29)28-8-4-18-35-28/h1-3,6-7,10-17,20-21,28,31,35H,4-5,8-9,18-19,22H2,(H,36,38)(H,37,39)/t28-,31-/m0/s1. The fourth-order valence-corrected chi connectivity index (χ4v) is 5.99. The molecule has 8 nitrogen and oxygen atoms in total. The molecule has 212 valence electrons. The fourth-order valence-electron chi connectivity index (χ4n) is 5.99. The van der Waals surface area contributed by atoms with Gasteiger partial charge in [-0.05, 0) is 60.0 Å². The van der Waals surface area contributed by atoms with Crippen molar-refractivity contribution in [3.63, 3.8) is 0 Å². The van der Waals surface area contributed by atoms with E-state index < -0.39 is 0 Å². The zero-order valence-electron chi connectivity index (χ0n) is 23.4. The lowest BCUT2D eigenvalue weighted by Crippen LogP contribution is -2.31. The quantitative estimate of drug-likeness (QED) is 0.199. The zero-order chi connectivity index (χ0) is 28.3. The zero-order valence-corrected chi connectivity index (χ0v) is 23.4. The van der Waals surface area contributed by atoms with Crippen LogP contribution in [-0.4, -0.2) is 44.0 Å². The minimum atomic E-state index is -0.298. The van der Waals surface area contributed by atoms with Crippen LogP contribution in [0.2, 0.25) is 0 Å². The van der Waals surface area contributed by atoms with Gasteiger partial charge in [0.05, 0.1) is 35.9 Å². The first-order chi connectivity index (χ1) is 20.7. The summed E-state index contributed by atoms with van der Waals surface area (Å²) in [6.45, 7) is 1.99.